The Morgan fingerprint density at radius 3 is 2.89 bits per heavy atom. The van der Waals surface area contributed by atoms with E-state index < -0.39 is 5.97 Å². The van der Waals surface area contributed by atoms with E-state index in [0.29, 0.717) is 31.0 Å². The number of carboxylic acid groups (broad SMARTS) is 1. The van der Waals surface area contributed by atoms with E-state index in [2.05, 4.69) is 15.9 Å². The summed E-state index contributed by atoms with van der Waals surface area (Å²) in [5.41, 5.74) is 0.598. The molecule has 0 bridgehead atoms. The smallest absolute Gasteiger partial charge is 0.307 e. The number of piperidine rings is 1. The first-order valence-corrected chi connectivity index (χ1v) is 7.14. The van der Waals surface area contributed by atoms with Gasteiger partial charge in [0.2, 0.25) is 0 Å². The van der Waals surface area contributed by atoms with Crippen molar-refractivity contribution in [3.8, 4) is 0 Å². The third-order valence-electron chi connectivity index (χ3n) is 3.53. The van der Waals surface area contributed by atoms with Crippen LogP contribution in [0.15, 0.2) is 22.7 Å². The summed E-state index contributed by atoms with van der Waals surface area (Å²) in [4.78, 5) is 13.1. The van der Waals surface area contributed by atoms with Crippen molar-refractivity contribution in [3.63, 3.8) is 0 Å². The van der Waals surface area contributed by atoms with Crippen LogP contribution in [0.3, 0.4) is 0 Å². The lowest BCUT2D eigenvalue weighted by atomic mass is 9.90. The molecule has 1 N–H and O–H groups in total. The average molecular weight is 330 g/mol. The highest BCUT2D eigenvalue weighted by Gasteiger charge is 2.29. The molecule has 2 atom stereocenters. The van der Waals surface area contributed by atoms with Crippen LogP contribution in [0.4, 0.5) is 4.39 Å². The molecule has 0 radical (unpaired) electrons. The molecule has 2 unspecified atom stereocenters. The first kappa shape index (κ1) is 14.5. The highest BCUT2D eigenvalue weighted by Crippen LogP contribution is 2.26. The van der Waals surface area contributed by atoms with Crippen molar-refractivity contribution in [2.45, 2.75) is 19.9 Å². The predicted molar refractivity (Wildman–Crippen MR) is 74.3 cm³/mol. The monoisotopic (exact) mass is 329 g/mol. The molecule has 19 heavy (non-hydrogen) atoms. The highest BCUT2D eigenvalue weighted by molar-refractivity contribution is 9.10. The Morgan fingerprint density at radius 1 is 1.53 bits per heavy atom. The Hall–Kier alpha value is -0.940. The van der Waals surface area contributed by atoms with E-state index in [-0.39, 0.29) is 11.7 Å². The summed E-state index contributed by atoms with van der Waals surface area (Å²) in [6.45, 7) is 3.78. The van der Waals surface area contributed by atoms with Crippen molar-refractivity contribution in [2.24, 2.45) is 11.8 Å². The molecule has 1 aromatic rings. The van der Waals surface area contributed by atoms with E-state index in [1.165, 1.54) is 6.07 Å². The fraction of sp³-hybridized carbons (Fsp3) is 0.500. The van der Waals surface area contributed by atoms with Gasteiger partial charge >= 0.3 is 5.97 Å². The molecule has 0 aromatic heterocycles. The van der Waals surface area contributed by atoms with E-state index >= 15 is 0 Å². The average Bonchev–Trinajstić information content (AvgIpc) is 2.33. The minimum Gasteiger partial charge on any atom is -0.481 e. The minimum atomic E-state index is -0.760. The summed E-state index contributed by atoms with van der Waals surface area (Å²) in [7, 11) is 0. The van der Waals surface area contributed by atoms with Crippen LogP contribution in [0, 0.1) is 17.7 Å². The SMILES string of the molecule is CC1CC(C(=O)O)CN(Cc2c(F)cccc2Br)C1. The Morgan fingerprint density at radius 2 is 2.26 bits per heavy atom. The maximum absolute atomic E-state index is 13.8. The van der Waals surface area contributed by atoms with Crippen LogP contribution in [0.1, 0.15) is 18.9 Å². The molecular weight excluding hydrogens is 313 g/mol. The number of likely N-dealkylation sites (tertiary alicyclic amines) is 1. The molecule has 104 valence electrons. The second kappa shape index (κ2) is 6.01. The van der Waals surface area contributed by atoms with Crippen LogP contribution in [-0.4, -0.2) is 29.1 Å². The minimum absolute atomic E-state index is 0.250. The van der Waals surface area contributed by atoms with Crippen molar-refractivity contribution in [2.75, 3.05) is 13.1 Å². The lowest BCUT2D eigenvalue weighted by Crippen LogP contribution is -2.42. The molecule has 3 nitrogen and oxygen atoms in total. The summed E-state index contributed by atoms with van der Waals surface area (Å²) < 4.78 is 14.5. The number of nitrogens with zero attached hydrogens (tertiary/aromatic N) is 1. The van der Waals surface area contributed by atoms with Crippen LogP contribution in [0.2, 0.25) is 0 Å². The number of aliphatic carboxylic acids is 1. The Kier molecular flexibility index (Phi) is 4.58. The van der Waals surface area contributed by atoms with Gasteiger partial charge in [-0.1, -0.05) is 28.9 Å². The van der Waals surface area contributed by atoms with Gasteiger partial charge in [-0.3, -0.25) is 9.69 Å². The first-order chi connectivity index (χ1) is 8.97. The molecule has 0 saturated carbocycles. The molecular formula is C14H17BrFNO2. The van der Waals surface area contributed by atoms with Crippen LogP contribution in [0.25, 0.3) is 0 Å². The third kappa shape index (κ3) is 3.54. The van der Waals surface area contributed by atoms with E-state index in [0.717, 1.165) is 11.0 Å². The van der Waals surface area contributed by atoms with Gasteiger partial charge in [-0.2, -0.15) is 0 Å². The lowest BCUT2D eigenvalue weighted by molar-refractivity contribution is -0.144. The number of hydrogen-bond donors (Lipinski definition) is 1. The fourth-order valence-corrected chi connectivity index (χ4v) is 3.14. The van der Waals surface area contributed by atoms with Gasteiger partial charge in [-0.05, 0) is 24.5 Å². The molecule has 0 spiro atoms. The molecule has 5 heteroatoms. The van der Waals surface area contributed by atoms with Gasteiger partial charge in [-0.15, -0.1) is 0 Å². The van der Waals surface area contributed by atoms with Gasteiger partial charge in [0.25, 0.3) is 0 Å². The van der Waals surface area contributed by atoms with Crippen molar-refractivity contribution in [1.29, 1.82) is 0 Å². The van der Waals surface area contributed by atoms with Crippen molar-refractivity contribution < 1.29 is 14.3 Å². The second-order valence-corrected chi connectivity index (χ2v) is 6.12. The normalized spacial score (nSPS) is 24.4. The zero-order valence-electron chi connectivity index (χ0n) is 10.8. The molecule has 1 saturated heterocycles. The Balaban J connectivity index is 2.12. The van der Waals surface area contributed by atoms with Gasteiger partial charge < -0.3 is 5.11 Å². The number of carboxylic acids is 1. The largest absolute Gasteiger partial charge is 0.481 e. The van der Waals surface area contributed by atoms with Crippen LogP contribution in [0.5, 0.6) is 0 Å². The zero-order valence-corrected chi connectivity index (χ0v) is 12.4. The number of rotatable bonds is 3. The lowest BCUT2D eigenvalue weighted by Gasteiger charge is -2.34. The van der Waals surface area contributed by atoms with Crippen molar-refractivity contribution in [1.82, 2.24) is 4.90 Å². The van der Waals surface area contributed by atoms with Gasteiger partial charge in [0, 0.05) is 29.7 Å². The summed E-state index contributed by atoms with van der Waals surface area (Å²) in [6.07, 6.45) is 0.699. The number of carbonyl (C=O) groups is 1. The number of halogens is 2. The first-order valence-electron chi connectivity index (χ1n) is 6.35. The molecule has 1 aromatic carbocycles. The maximum Gasteiger partial charge on any atom is 0.307 e. The van der Waals surface area contributed by atoms with E-state index in [1.54, 1.807) is 12.1 Å². The quantitative estimate of drug-likeness (QED) is 0.926. The summed E-state index contributed by atoms with van der Waals surface area (Å²) >= 11 is 3.35. The molecule has 1 fully saturated rings. The Labute approximate surface area is 120 Å². The Bertz CT molecular complexity index is 460. The van der Waals surface area contributed by atoms with Crippen LogP contribution < -0.4 is 0 Å². The van der Waals surface area contributed by atoms with Crippen LogP contribution >= 0.6 is 15.9 Å². The highest BCUT2D eigenvalue weighted by atomic mass is 79.9. The summed E-state index contributed by atoms with van der Waals surface area (Å²) in [6, 6.07) is 4.89. The maximum atomic E-state index is 13.8. The van der Waals surface area contributed by atoms with Crippen LogP contribution in [-0.2, 0) is 11.3 Å². The topological polar surface area (TPSA) is 40.5 Å². The number of benzene rings is 1. The van der Waals surface area contributed by atoms with Gasteiger partial charge in [-0.25, -0.2) is 4.39 Å². The third-order valence-corrected chi connectivity index (χ3v) is 4.27. The van der Waals surface area contributed by atoms with Gasteiger partial charge in [0.1, 0.15) is 5.82 Å². The summed E-state index contributed by atoms with van der Waals surface area (Å²) in [5, 5.41) is 9.14. The van der Waals surface area contributed by atoms with E-state index in [9.17, 15) is 9.18 Å². The standard InChI is InChI=1S/C14H17BrFNO2/c1-9-5-10(14(18)19)7-17(6-9)8-11-12(15)3-2-4-13(11)16/h2-4,9-10H,5-8H2,1H3,(H,18,19). The zero-order chi connectivity index (χ0) is 14.0. The van der Waals surface area contributed by atoms with E-state index in [4.69, 9.17) is 5.11 Å². The molecule has 1 aliphatic rings. The van der Waals surface area contributed by atoms with Gasteiger partial charge in [0.15, 0.2) is 0 Å². The van der Waals surface area contributed by atoms with Crippen molar-refractivity contribution in [3.05, 3.63) is 34.1 Å². The second-order valence-electron chi connectivity index (χ2n) is 5.27. The molecule has 0 amide bonds. The molecule has 1 heterocycles. The molecule has 0 aliphatic carbocycles. The summed E-state index contributed by atoms with van der Waals surface area (Å²) in [5.74, 6) is -1.04. The molecule has 2 rings (SSSR count). The predicted octanol–water partition coefficient (Wildman–Crippen LogP) is 3.13. The van der Waals surface area contributed by atoms with E-state index in [1.807, 2.05) is 11.8 Å². The van der Waals surface area contributed by atoms with Crippen molar-refractivity contribution >= 4 is 21.9 Å². The molecule has 1 aliphatic heterocycles. The fourth-order valence-electron chi connectivity index (χ4n) is 2.68. The van der Waals surface area contributed by atoms with Gasteiger partial charge in [0.05, 0.1) is 5.92 Å². The number of hydrogen-bond acceptors (Lipinski definition) is 2.